The van der Waals surface area contributed by atoms with E-state index in [1.807, 2.05) is 0 Å². The van der Waals surface area contributed by atoms with E-state index in [4.69, 9.17) is 4.74 Å². The molecule has 0 N–H and O–H groups in total. The van der Waals surface area contributed by atoms with E-state index in [2.05, 4.69) is 0 Å². The van der Waals surface area contributed by atoms with Crippen LogP contribution in [-0.4, -0.2) is 20.2 Å². The maximum Gasteiger partial charge on any atom is 1.00 e. The Kier molecular flexibility index (Phi) is 3.41. The van der Waals surface area contributed by atoms with Gasteiger partial charge in [-0.15, -0.1) is 0 Å². The minimum atomic E-state index is -4.60. The molecule has 1 saturated carbocycles. The van der Waals surface area contributed by atoms with E-state index in [0.29, 0.717) is 26.1 Å². The molecule has 0 amide bonds. The quantitative estimate of drug-likeness (QED) is 0.499. The molecule has 1 heterocycles. The molecule has 1 aliphatic carbocycles. The third-order valence-electron chi connectivity index (χ3n) is 2.84. The fourth-order valence-corrected chi connectivity index (χ4v) is 1.99. The van der Waals surface area contributed by atoms with Crippen molar-refractivity contribution in [2.75, 3.05) is 13.2 Å². The SMILES string of the molecule is F[B-](F)(F)C1CC12CCOC2.[K+]. The van der Waals surface area contributed by atoms with E-state index in [-0.39, 0.29) is 51.4 Å². The van der Waals surface area contributed by atoms with Crippen LogP contribution < -0.4 is 51.4 Å². The van der Waals surface area contributed by atoms with Crippen molar-refractivity contribution in [2.24, 2.45) is 5.41 Å². The Morgan fingerprint density at radius 2 is 2.00 bits per heavy atom. The van der Waals surface area contributed by atoms with Crippen LogP contribution in [0, 0.1) is 5.41 Å². The number of rotatable bonds is 1. The van der Waals surface area contributed by atoms with Crippen LogP contribution in [0.25, 0.3) is 0 Å². The van der Waals surface area contributed by atoms with E-state index >= 15 is 0 Å². The van der Waals surface area contributed by atoms with Crippen LogP contribution >= 0.6 is 0 Å². The minimum Gasteiger partial charge on any atom is -0.449 e. The first kappa shape index (κ1) is 11.5. The van der Waals surface area contributed by atoms with Crippen LogP contribution in [0.15, 0.2) is 0 Å². The van der Waals surface area contributed by atoms with E-state index in [9.17, 15) is 12.9 Å². The molecule has 0 bridgehead atoms. The van der Waals surface area contributed by atoms with Crippen molar-refractivity contribution in [3.8, 4) is 0 Å². The standard InChI is InChI=1S/C6H9BF3O.K/c8-7(9,10)5-3-6(5)1-2-11-4-6;/h5H,1-4H2;/q-1;+1. The van der Waals surface area contributed by atoms with Gasteiger partial charge in [0.1, 0.15) is 0 Å². The van der Waals surface area contributed by atoms with Gasteiger partial charge < -0.3 is 17.7 Å². The zero-order chi connectivity index (χ0) is 8.11. The summed E-state index contributed by atoms with van der Waals surface area (Å²) >= 11 is 0. The molecule has 0 radical (unpaired) electrons. The normalized spacial score (nSPS) is 39.8. The summed E-state index contributed by atoms with van der Waals surface area (Å²) in [6.45, 7) is -3.75. The molecule has 0 aromatic heterocycles. The Bertz CT molecular complexity index is 178. The van der Waals surface area contributed by atoms with Crippen molar-refractivity contribution in [3.05, 3.63) is 0 Å². The third-order valence-corrected chi connectivity index (χ3v) is 2.84. The van der Waals surface area contributed by atoms with Gasteiger partial charge in [-0.25, -0.2) is 0 Å². The second-order valence-electron chi connectivity index (χ2n) is 3.60. The van der Waals surface area contributed by atoms with Crippen molar-refractivity contribution in [2.45, 2.75) is 18.7 Å². The first-order chi connectivity index (χ1) is 5.05. The summed E-state index contributed by atoms with van der Waals surface area (Å²) in [6, 6.07) is 0. The van der Waals surface area contributed by atoms with Gasteiger partial charge in [-0.1, -0.05) is 12.2 Å². The fraction of sp³-hybridized carbons (Fsp3) is 1.00. The molecule has 1 aliphatic heterocycles. The van der Waals surface area contributed by atoms with E-state index < -0.39 is 18.2 Å². The van der Waals surface area contributed by atoms with Crippen molar-refractivity contribution in [1.29, 1.82) is 0 Å². The Morgan fingerprint density at radius 3 is 2.33 bits per heavy atom. The fourth-order valence-electron chi connectivity index (χ4n) is 1.99. The monoisotopic (exact) mass is 204 g/mol. The summed E-state index contributed by atoms with van der Waals surface area (Å²) in [5, 5.41) is 0. The zero-order valence-electron chi connectivity index (χ0n) is 7.03. The average molecular weight is 204 g/mol. The van der Waals surface area contributed by atoms with Gasteiger partial charge in [0.05, 0.1) is 0 Å². The predicted octanol–water partition coefficient (Wildman–Crippen LogP) is -0.982. The molecular formula is C6H9BF3KO. The van der Waals surface area contributed by atoms with Gasteiger partial charge in [-0.3, -0.25) is 0 Å². The van der Waals surface area contributed by atoms with Crippen LogP contribution in [0.1, 0.15) is 12.8 Å². The average Bonchev–Trinajstić information content (AvgIpc) is 2.31. The van der Waals surface area contributed by atoms with Gasteiger partial charge in [-0.2, -0.15) is 0 Å². The van der Waals surface area contributed by atoms with Crippen molar-refractivity contribution in [1.82, 2.24) is 0 Å². The first-order valence-corrected chi connectivity index (χ1v) is 3.82. The summed E-state index contributed by atoms with van der Waals surface area (Å²) in [4.78, 5) is 0. The van der Waals surface area contributed by atoms with Crippen LogP contribution in [-0.2, 0) is 4.74 Å². The van der Waals surface area contributed by atoms with Gasteiger partial charge >= 0.3 is 58.4 Å². The van der Waals surface area contributed by atoms with Gasteiger partial charge in [0, 0.05) is 13.2 Å². The minimum absolute atomic E-state index is 0. The smallest absolute Gasteiger partial charge is 0.449 e. The van der Waals surface area contributed by atoms with Gasteiger partial charge in [0.2, 0.25) is 0 Å². The molecule has 6 heteroatoms. The van der Waals surface area contributed by atoms with Gasteiger partial charge in [0.25, 0.3) is 0 Å². The predicted molar refractivity (Wildman–Crippen MR) is 35.3 cm³/mol. The molecule has 0 aromatic carbocycles. The number of hydrogen-bond acceptors (Lipinski definition) is 1. The maximum absolute atomic E-state index is 12.1. The summed E-state index contributed by atoms with van der Waals surface area (Å²) < 4.78 is 41.4. The van der Waals surface area contributed by atoms with E-state index in [0.717, 1.165) is 0 Å². The van der Waals surface area contributed by atoms with Crippen LogP contribution in [0.3, 0.4) is 0 Å². The third kappa shape index (κ3) is 1.93. The molecule has 64 valence electrons. The zero-order valence-corrected chi connectivity index (χ0v) is 10.1. The van der Waals surface area contributed by atoms with Crippen molar-refractivity contribution >= 4 is 6.98 Å². The Morgan fingerprint density at radius 1 is 1.33 bits per heavy atom. The Balaban J connectivity index is 0.000000720. The molecule has 1 spiro atoms. The second kappa shape index (κ2) is 3.55. The van der Waals surface area contributed by atoms with E-state index in [1.165, 1.54) is 0 Å². The summed E-state index contributed by atoms with van der Waals surface area (Å²) in [7, 11) is 0. The topological polar surface area (TPSA) is 9.23 Å². The van der Waals surface area contributed by atoms with Crippen LogP contribution in [0.2, 0.25) is 5.82 Å². The number of halogens is 3. The maximum atomic E-state index is 12.1. The molecule has 2 atom stereocenters. The van der Waals surface area contributed by atoms with Crippen molar-refractivity contribution in [3.63, 3.8) is 0 Å². The molecule has 2 unspecified atom stereocenters. The molecule has 1 nitrogen and oxygen atoms in total. The largest absolute Gasteiger partial charge is 1.00 e. The number of hydrogen-bond donors (Lipinski definition) is 0. The summed E-state index contributed by atoms with van der Waals surface area (Å²) in [5.74, 6) is -1.01. The van der Waals surface area contributed by atoms with Crippen LogP contribution in [0.4, 0.5) is 12.9 Å². The van der Waals surface area contributed by atoms with E-state index in [1.54, 1.807) is 0 Å². The molecule has 2 fully saturated rings. The van der Waals surface area contributed by atoms with Crippen LogP contribution in [0.5, 0.6) is 0 Å². The molecule has 0 aromatic rings. The molecule has 2 aliphatic rings. The summed E-state index contributed by atoms with van der Waals surface area (Å²) in [6.07, 6.45) is 0.926. The first-order valence-electron chi connectivity index (χ1n) is 3.82. The molecule has 2 rings (SSSR count). The summed E-state index contributed by atoms with van der Waals surface area (Å²) in [5.41, 5.74) is -0.474. The van der Waals surface area contributed by atoms with Crippen molar-refractivity contribution < 1.29 is 69.1 Å². The molecule has 1 saturated heterocycles. The molecular weight excluding hydrogens is 195 g/mol. The number of ether oxygens (including phenoxy) is 1. The second-order valence-corrected chi connectivity index (χ2v) is 3.60. The van der Waals surface area contributed by atoms with Gasteiger partial charge in [-0.05, 0) is 11.8 Å². The molecule has 12 heavy (non-hydrogen) atoms. The Labute approximate surface area is 112 Å². The Hall–Kier alpha value is 1.45. The van der Waals surface area contributed by atoms with Gasteiger partial charge in [0.15, 0.2) is 0 Å².